The molecule has 1 aliphatic heterocycles. The minimum absolute atomic E-state index is 0.242. The summed E-state index contributed by atoms with van der Waals surface area (Å²) in [6.07, 6.45) is 0.824. The second kappa shape index (κ2) is 8.27. The number of aliphatic hydroxyl groups is 1. The molecule has 2 aromatic rings. The van der Waals surface area contributed by atoms with Gasteiger partial charge >= 0.3 is 0 Å². The average Bonchev–Trinajstić information content (AvgIpc) is 3.05. The Morgan fingerprint density at radius 3 is 2.74 bits per heavy atom. The minimum Gasteiger partial charge on any atom is -0.396 e. The molecule has 2 heterocycles. The third-order valence-electron chi connectivity index (χ3n) is 4.44. The zero-order valence-electron chi connectivity index (χ0n) is 13.2. The van der Waals surface area contributed by atoms with E-state index >= 15 is 0 Å². The molecule has 1 aromatic heterocycles. The molecule has 3 rings (SSSR count). The zero-order valence-corrected chi connectivity index (χ0v) is 14.8. The van der Waals surface area contributed by atoms with Crippen LogP contribution < -0.4 is 0 Å². The van der Waals surface area contributed by atoms with Crippen molar-refractivity contribution in [3.63, 3.8) is 0 Å². The fraction of sp³-hybridized carbons (Fsp3) is 0.444. The van der Waals surface area contributed by atoms with Gasteiger partial charge in [-0.2, -0.15) is 0 Å². The van der Waals surface area contributed by atoms with Crippen LogP contribution in [0.4, 0.5) is 0 Å². The minimum atomic E-state index is 0.242. The number of nitrogens with zero attached hydrogens (tertiary/aromatic N) is 2. The maximum absolute atomic E-state index is 9.42. The topological polar surface area (TPSA) is 26.7 Å². The van der Waals surface area contributed by atoms with Gasteiger partial charge in [0.15, 0.2) is 0 Å². The lowest BCUT2D eigenvalue weighted by Gasteiger charge is -2.41. The van der Waals surface area contributed by atoms with Gasteiger partial charge in [0.25, 0.3) is 0 Å². The van der Waals surface area contributed by atoms with Crippen LogP contribution >= 0.6 is 22.9 Å². The van der Waals surface area contributed by atoms with Crippen molar-refractivity contribution in [1.29, 1.82) is 0 Å². The Balaban J connectivity index is 1.62. The Morgan fingerprint density at radius 1 is 1.13 bits per heavy atom. The number of rotatable bonds is 6. The van der Waals surface area contributed by atoms with Crippen molar-refractivity contribution in [3.05, 3.63) is 57.2 Å². The highest BCUT2D eigenvalue weighted by atomic mass is 35.5. The third kappa shape index (κ3) is 4.55. The van der Waals surface area contributed by atoms with E-state index in [9.17, 15) is 5.11 Å². The van der Waals surface area contributed by atoms with E-state index in [1.807, 2.05) is 18.2 Å². The molecule has 1 aromatic carbocycles. The first-order valence-electron chi connectivity index (χ1n) is 8.09. The molecule has 0 amide bonds. The van der Waals surface area contributed by atoms with Crippen molar-refractivity contribution in [2.24, 2.45) is 0 Å². The van der Waals surface area contributed by atoms with Gasteiger partial charge in [-0.05, 0) is 29.5 Å². The van der Waals surface area contributed by atoms with Crippen molar-refractivity contribution >= 4 is 22.9 Å². The van der Waals surface area contributed by atoms with Crippen molar-refractivity contribution in [3.8, 4) is 0 Å². The Bertz CT molecular complexity index is 605. The van der Waals surface area contributed by atoms with Crippen LogP contribution in [-0.4, -0.2) is 47.2 Å². The van der Waals surface area contributed by atoms with Crippen LogP contribution in [0.2, 0.25) is 5.02 Å². The van der Waals surface area contributed by atoms with Gasteiger partial charge in [0.1, 0.15) is 0 Å². The van der Waals surface area contributed by atoms with Gasteiger partial charge in [-0.15, -0.1) is 11.3 Å². The SMILES string of the molecule is OCC[C@H]1CN(Cc2ccccc2Cl)CCN1Cc1cccs1. The zero-order chi connectivity index (χ0) is 16.1. The quantitative estimate of drug-likeness (QED) is 0.864. The Labute approximate surface area is 147 Å². The average molecular weight is 351 g/mol. The lowest BCUT2D eigenvalue weighted by atomic mass is 10.1. The number of benzene rings is 1. The molecule has 0 aliphatic carbocycles. The summed E-state index contributed by atoms with van der Waals surface area (Å²) in [7, 11) is 0. The normalized spacial score (nSPS) is 20.0. The molecule has 0 unspecified atom stereocenters. The molecule has 0 spiro atoms. The first kappa shape index (κ1) is 16.9. The summed E-state index contributed by atoms with van der Waals surface area (Å²) >= 11 is 8.10. The molecule has 1 aliphatic rings. The molecule has 1 fully saturated rings. The smallest absolute Gasteiger partial charge is 0.0451 e. The second-order valence-corrected chi connectivity index (χ2v) is 7.48. The van der Waals surface area contributed by atoms with Gasteiger partial charge in [0.2, 0.25) is 0 Å². The number of thiophene rings is 1. The predicted molar refractivity (Wildman–Crippen MR) is 96.9 cm³/mol. The summed E-state index contributed by atoms with van der Waals surface area (Å²) in [6, 6.07) is 12.8. The van der Waals surface area contributed by atoms with E-state index in [0.717, 1.165) is 44.2 Å². The van der Waals surface area contributed by atoms with E-state index in [1.165, 1.54) is 10.4 Å². The lowest BCUT2D eigenvalue weighted by molar-refractivity contribution is 0.0507. The Morgan fingerprint density at radius 2 is 2.00 bits per heavy atom. The molecular weight excluding hydrogens is 328 g/mol. The van der Waals surface area contributed by atoms with E-state index in [-0.39, 0.29) is 6.61 Å². The summed E-state index contributed by atoms with van der Waals surface area (Å²) in [5.74, 6) is 0. The van der Waals surface area contributed by atoms with Crippen molar-refractivity contribution in [1.82, 2.24) is 9.80 Å². The van der Waals surface area contributed by atoms with Gasteiger partial charge in [0.05, 0.1) is 0 Å². The highest BCUT2D eigenvalue weighted by Crippen LogP contribution is 2.22. The van der Waals surface area contributed by atoms with Crippen LogP contribution in [0.25, 0.3) is 0 Å². The number of hydrogen-bond donors (Lipinski definition) is 1. The first-order chi connectivity index (χ1) is 11.3. The van der Waals surface area contributed by atoms with Crippen molar-refractivity contribution in [2.75, 3.05) is 26.2 Å². The van der Waals surface area contributed by atoms with E-state index in [2.05, 4.69) is 33.4 Å². The lowest BCUT2D eigenvalue weighted by Crippen LogP contribution is -2.52. The molecular formula is C18H23ClN2OS. The second-order valence-electron chi connectivity index (χ2n) is 6.04. The molecule has 5 heteroatoms. The number of piperazine rings is 1. The molecule has 0 saturated carbocycles. The van der Waals surface area contributed by atoms with Crippen molar-refractivity contribution < 1.29 is 5.11 Å². The van der Waals surface area contributed by atoms with Crippen LogP contribution in [0.3, 0.4) is 0 Å². The highest BCUT2D eigenvalue weighted by Gasteiger charge is 2.27. The van der Waals surface area contributed by atoms with Crippen LogP contribution in [0.1, 0.15) is 16.9 Å². The maximum Gasteiger partial charge on any atom is 0.0451 e. The maximum atomic E-state index is 9.42. The molecule has 1 N–H and O–H groups in total. The molecule has 23 heavy (non-hydrogen) atoms. The van der Waals surface area contributed by atoms with E-state index in [1.54, 1.807) is 11.3 Å². The number of halogens is 1. The largest absolute Gasteiger partial charge is 0.396 e. The summed E-state index contributed by atoms with van der Waals surface area (Å²) < 4.78 is 0. The van der Waals surface area contributed by atoms with E-state index in [0.29, 0.717) is 6.04 Å². The molecule has 3 nitrogen and oxygen atoms in total. The van der Waals surface area contributed by atoms with Gasteiger partial charge in [-0.25, -0.2) is 0 Å². The monoisotopic (exact) mass is 350 g/mol. The van der Waals surface area contributed by atoms with Gasteiger partial charge in [-0.3, -0.25) is 9.80 Å². The summed E-state index contributed by atoms with van der Waals surface area (Å²) in [5, 5.41) is 12.4. The van der Waals surface area contributed by atoms with Crippen LogP contribution in [0, 0.1) is 0 Å². The molecule has 0 bridgehead atoms. The van der Waals surface area contributed by atoms with E-state index in [4.69, 9.17) is 11.6 Å². The first-order valence-corrected chi connectivity index (χ1v) is 9.35. The number of hydrogen-bond acceptors (Lipinski definition) is 4. The predicted octanol–water partition coefficient (Wildman–Crippen LogP) is 3.47. The summed E-state index contributed by atoms with van der Waals surface area (Å²) in [5.41, 5.74) is 1.18. The van der Waals surface area contributed by atoms with Gasteiger partial charge < -0.3 is 5.11 Å². The van der Waals surface area contributed by atoms with Gasteiger partial charge in [-0.1, -0.05) is 35.9 Å². The summed E-state index contributed by atoms with van der Waals surface area (Å²) in [4.78, 5) is 6.35. The van der Waals surface area contributed by atoms with Crippen LogP contribution in [0.15, 0.2) is 41.8 Å². The third-order valence-corrected chi connectivity index (χ3v) is 5.67. The fourth-order valence-corrected chi connectivity index (χ4v) is 4.13. The van der Waals surface area contributed by atoms with Crippen LogP contribution in [-0.2, 0) is 13.1 Å². The molecule has 124 valence electrons. The standard InChI is InChI=1S/C18H23ClN2OS/c19-18-6-2-1-4-15(18)12-20-8-9-21(16(13-20)7-10-22)14-17-5-3-11-23-17/h1-6,11,16,22H,7-10,12-14H2/t16-/m0/s1. The molecule has 0 radical (unpaired) electrons. The number of aliphatic hydroxyl groups excluding tert-OH is 1. The fourth-order valence-electron chi connectivity index (χ4n) is 3.20. The van der Waals surface area contributed by atoms with Crippen molar-refractivity contribution in [2.45, 2.75) is 25.6 Å². The Kier molecular flexibility index (Phi) is 6.08. The molecule has 1 saturated heterocycles. The Hall–Kier alpha value is -0.910. The highest BCUT2D eigenvalue weighted by molar-refractivity contribution is 7.09. The molecule has 1 atom stereocenters. The van der Waals surface area contributed by atoms with E-state index < -0.39 is 0 Å². The van der Waals surface area contributed by atoms with Crippen LogP contribution in [0.5, 0.6) is 0 Å². The van der Waals surface area contributed by atoms with Gasteiger partial charge in [0, 0.05) is 55.3 Å². The summed E-state index contributed by atoms with van der Waals surface area (Å²) in [6.45, 7) is 5.17.